The Morgan fingerprint density at radius 3 is 2.64 bits per heavy atom. The molecule has 6 nitrogen and oxygen atoms in total. The third-order valence-corrected chi connectivity index (χ3v) is 4.34. The van der Waals surface area contributed by atoms with Gasteiger partial charge in [-0.05, 0) is 24.3 Å². The molecule has 0 radical (unpaired) electrons. The third kappa shape index (κ3) is 7.30. The number of ether oxygens (including phenoxy) is 2. The number of carbonyl (C=O) groups excluding carboxylic acids is 1. The average molecular weight is 373 g/mol. The van der Waals surface area contributed by atoms with Crippen LogP contribution < -0.4 is 5.73 Å². The first kappa shape index (κ1) is 21.9. The molecule has 1 aromatic rings. The van der Waals surface area contributed by atoms with Gasteiger partial charge in [-0.25, -0.2) is 0 Å². The van der Waals surface area contributed by atoms with Crippen LogP contribution in [0.5, 0.6) is 0 Å². The van der Waals surface area contributed by atoms with Crippen LogP contribution in [0.1, 0.15) is 18.4 Å². The summed E-state index contributed by atoms with van der Waals surface area (Å²) >= 11 is 0. The van der Waals surface area contributed by atoms with Gasteiger partial charge < -0.3 is 25.2 Å². The number of nitrogens with two attached hydrogens (primary N) is 1. The number of benzene rings is 1. The van der Waals surface area contributed by atoms with Crippen LogP contribution in [0.3, 0.4) is 0 Å². The highest BCUT2D eigenvalue weighted by molar-refractivity contribution is 5.85. The summed E-state index contributed by atoms with van der Waals surface area (Å²) in [5.41, 5.74) is 7.14. The van der Waals surface area contributed by atoms with Gasteiger partial charge in [0.2, 0.25) is 5.91 Å². The zero-order valence-corrected chi connectivity index (χ0v) is 15.5. The standard InChI is InChI=1S/C18H28N2O4.ClH/c1-20(18(22)17(19)15-7-9-23-10-8-15)11-16(21)13-24-12-14-5-3-2-4-6-14;/h2-6,15-17,21H,7-13,19H2,1H3;1H. The van der Waals surface area contributed by atoms with Crippen LogP contribution in [-0.4, -0.2) is 61.5 Å². The summed E-state index contributed by atoms with van der Waals surface area (Å²) in [5.74, 6) is 0.0178. The second kappa shape index (κ2) is 11.4. The summed E-state index contributed by atoms with van der Waals surface area (Å²) in [6.07, 6.45) is 0.886. The van der Waals surface area contributed by atoms with E-state index in [4.69, 9.17) is 15.2 Å². The molecular formula is C18H29ClN2O4. The van der Waals surface area contributed by atoms with Gasteiger partial charge in [-0.1, -0.05) is 30.3 Å². The second-order valence-electron chi connectivity index (χ2n) is 6.35. The van der Waals surface area contributed by atoms with Gasteiger partial charge in [-0.15, -0.1) is 12.4 Å². The van der Waals surface area contributed by atoms with Crippen molar-refractivity contribution in [3.8, 4) is 0 Å². The number of aliphatic hydroxyl groups is 1. The Morgan fingerprint density at radius 2 is 2.00 bits per heavy atom. The highest BCUT2D eigenvalue weighted by Gasteiger charge is 2.29. The van der Waals surface area contributed by atoms with Crippen molar-refractivity contribution in [1.82, 2.24) is 4.90 Å². The van der Waals surface area contributed by atoms with E-state index in [1.165, 1.54) is 4.90 Å². The number of nitrogens with zero attached hydrogens (tertiary/aromatic N) is 1. The predicted octanol–water partition coefficient (Wildman–Crippen LogP) is 1.20. The minimum absolute atomic E-state index is 0. The molecule has 0 saturated carbocycles. The molecule has 1 aliphatic rings. The molecule has 0 aliphatic carbocycles. The maximum absolute atomic E-state index is 12.4. The van der Waals surface area contributed by atoms with Gasteiger partial charge in [-0.2, -0.15) is 0 Å². The highest BCUT2D eigenvalue weighted by atomic mass is 35.5. The van der Waals surface area contributed by atoms with Crippen LogP contribution in [0.25, 0.3) is 0 Å². The molecule has 1 amide bonds. The normalized spacial score (nSPS) is 17.4. The first-order valence-corrected chi connectivity index (χ1v) is 8.46. The molecule has 1 saturated heterocycles. The quantitative estimate of drug-likeness (QED) is 0.716. The van der Waals surface area contributed by atoms with Crippen LogP contribution in [-0.2, 0) is 20.9 Å². The van der Waals surface area contributed by atoms with Crippen molar-refractivity contribution in [2.24, 2.45) is 11.7 Å². The summed E-state index contributed by atoms with van der Waals surface area (Å²) in [5, 5.41) is 10.1. The van der Waals surface area contributed by atoms with E-state index in [1.54, 1.807) is 7.05 Å². The van der Waals surface area contributed by atoms with Crippen LogP contribution >= 0.6 is 12.4 Å². The Balaban J connectivity index is 0.00000312. The van der Waals surface area contributed by atoms with E-state index >= 15 is 0 Å². The number of likely N-dealkylation sites (N-methyl/N-ethyl adjacent to an activating group) is 1. The lowest BCUT2D eigenvalue weighted by molar-refractivity contribution is -0.135. The minimum Gasteiger partial charge on any atom is -0.389 e. The van der Waals surface area contributed by atoms with Gasteiger partial charge >= 0.3 is 0 Å². The predicted molar refractivity (Wildman–Crippen MR) is 98.5 cm³/mol. The van der Waals surface area contributed by atoms with Crippen molar-refractivity contribution in [2.45, 2.75) is 31.6 Å². The lowest BCUT2D eigenvalue weighted by Gasteiger charge is -2.30. The number of halogens is 1. The van der Waals surface area contributed by atoms with Gasteiger partial charge in [0, 0.05) is 26.8 Å². The number of aliphatic hydroxyl groups excluding tert-OH is 1. The molecule has 142 valence electrons. The molecule has 7 heteroatoms. The van der Waals surface area contributed by atoms with Gasteiger partial charge in [0.15, 0.2) is 0 Å². The fourth-order valence-corrected chi connectivity index (χ4v) is 2.88. The topological polar surface area (TPSA) is 85.0 Å². The van der Waals surface area contributed by atoms with E-state index in [0.717, 1.165) is 18.4 Å². The van der Waals surface area contributed by atoms with Gasteiger partial charge in [0.05, 0.1) is 25.4 Å². The van der Waals surface area contributed by atoms with Crippen molar-refractivity contribution >= 4 is 18.3 Å². The van der Waals surface area contributed by atoms with Gasteiger partial charge in [0.25, 0.3) is 0 Å². The molecule has 0 spiro atoms. The van der Waals surface area contributed by atoms with E-state index in [-0.39, 0.29) is 37.4 Å². The van der Waals surface area contributed by atoms with Gasteiger partial charge in [-0.3, -0.25) is 4.79 Å². The van der Waals surface area contributed by atoms with Crippen LogP contribution in [0.4, 0.5) is 0 Å². The number of hydrogen-bond acceptors (Lipinski definition) is 5. The van der Waals surface area contributed by atoms with Crippen LogP contribution in [0.2, 0.25) is 0 Å². The van der Waals surface area contributed by atoms with Crippen LogP contribution in [0.15, 0.2) is 30.3 Å². The van der Waals surface area contributed by atoms with Crippen molar-refractivity contribution in [1.29, 1.82) is 0 Å². The van der Waals surface area contributed by atoms with Crippen molar-refractivity contribution in [2.75, 3.05) is 33.4 Å². The maximum Gasteiger partial charge on any atom is 0.239 e. The Kier molecular flexibility index (Phi) is 10.0. The number of hydrogen-bond donors (Lipinski definition) is 2. The fourth-order valence-electron chi connectivity index (χ4n) is 2.88. The van der Waals surface area contributed by atoms with E-state index in [1.807, 2.05) is 30.3 Å². The summed E-state index contributed by atoms with van der Waals surface area (Å²) in [7, 11) is 1.67. The van der Waals surface area contributed by atoms with E-state index in [0.29, 0.717) is 19.8 Å². The molecule has 1 heterocycles. The number of amides is 1. The minimum atomic E-state index is -0.732. The summed E-state index contributed by atoms with van der Waals surface area (Å²) in [6.45, 7) is 2.15. The van der Waals surface area contributed by atoms with E-state index in [2.05, 4.69) is 0 Å². The lowest BCUT2D eigenvalue weighted by Crippen LogP contribution is -2.49. The van der Waals surface area contributed by atoms with Crippen molar-refractivity contribution in [3.05, 3.63) is 35.9 Å². The SMILES string of the molecule is CN(CC(O)COCc1ccccc1)C(=O)C(N)C1CCOCC1.Cl. The molecule has 1 aliphatic heterocycles. The zero-order valence-electron chi connectivity index (χ0n) is 14.7. The Hall–Kier alpha value is -1.18. The molecule has 0 aromatic heterocycles. The monoisotopic (exact) mass is 372 g/mol. The Bertz CT molecular complexity index is 497. The molecule has 2 unspecified atom stereocenters. The van der Waals surface area contributed by atoms with E-state index in [9.17, 15) is 9.90 Å². The van der Waals surface area contributed by atoms with E-state index < -0.39 is 12.1 Å². The second-order valence-corrected chi connectivity index (χ2v) is 6.35. The largest absolute Gasteiger partial charge is 0.389 e. The van der Waals surface area contributed by atoms with Crippen LogP contribution in [0, 0.1) is 5.92 Å². The molecule has 25 heavy (non-hydrogen) atoms. The smallest absolute Gasteiger partial charge is 0.239 e. The summed E-state index contributed by atoms with van der Waals surface area (Å²) in [4.78, 5) is 13.9. The zero-order chi connectivity index (χ0) is 17.4. The maximum atomic E-state index is 12.4. The summed E-state index contributed by atoms with van der Waals surface area (Å²) in [6, 6.07) is 9.24. The first-order valence-electron chi connectivity index (χ1n) is 8.46. The molecule has 2 atom stereocenters. The lowest BCUT2D eigenvalue weighted by atomic mass is 9.91. The van der Waals surface area contributed by atoms with Crippen molar-refractivity contribution < 1.29 is 19.4 Å². The molecule has 0 bridgehead atoms. The highest BCUT2D eigenvalue weighted by Crippen LogP contribution is 2.18. The molecule has 2 rings (SSSR count). The molecule has 1 fully saturated rings. The third-order valence-electron chi connectivity index (χ3n) is 4.34. The molecule has 3 N–H and O–H groups in total. The fraction of sp³-hybridized carbons (Fsp3) is 0.611. The first-order chi connectivity index (χ1) is 11.6. The average Bonchev–Trinajstić information content (AvgIpc) is 2.62. The molecular weight excluding hydrogens is 344 g/mol. The van der Waals surface area contributed by atoms with Gasteiger partial charge in [0.1, 0.15) is 0 Å². The number of rotatable bonds is 8. The summed E-state index contributed by atoms with van der Waals surface area (Å²) < 4.78 is 10.8. The Morgan fingerprint density at radius 1 is 1.36 bits per heavy atom. The Labute approximate surface area is 155 Å². The number of carbonyl (C=O) groups is 1. The van der Waals surface area contributed by atoms with Crippen molar-refractivity contribution in [3.63, 3.8) is 0 Å². The molecule has 1 aromatic carbocycles.